The van der Waals surface area contributed by atoms with Crippen molar-refractivity contribution in [3.05, 3.63) is 68.9 Å². The highest BCUT2D eigenvalue weighted by atomic mass is 32.2. The van der Waals surface area contributed by atoms with Gasteiger partial charge in [-0.15, -0.1) is 0 Å². The van der Waals surface area contributed by atoms with Crippen LogP contribution in [-0.4, -0.2) is 35.0 Å². The average Bonchev–Trinajstić information content (AvgIpc) is 2.90. The van der Waals surface area contributed by atoms with Crippen molar-refractivity contribution in [2.75, 3.05) is 7.11 Å². The normalized spacial score (nSPS) is 12.3. The number of rotatable bonds is 4. The fraction of sp³-hybridized carbons (Fsp3) is 0.0556. The van der Waals surface area contributed by atoms with E-state index in [0.717, 1.165) is 0 Å². The quantitative estimate of drug-likeness (QED) is 0.555. The van der Waals surface area contributed by atoms with Gasteiger partial charge in [-0.1, -0.05) is 12.6 Å². The summed E-state index contributed by atoms with van der Waals surface area (Å²) in [4.78, 5) is 12.4. The molecular weight excluding hydrogens is 372 g/mol. The standard InChI is InChI=1S/C18H16N2O6S/c1-11-15(9-12-3-8-16(21)17(10-12)26-2)18(22)20(19-11)13-4-6-14(7-5-13)27(23,24)25/h3-10,19,21H,1H2,2H3,(H,23,24,25). The van der Waals surface area contributed by atoms with Crippen molar-refractivity contribution < 1.29 is 22.8 Å². The molecule has 0 saturated carbocycles. The Labute approximate surface area is 154 Å². The number of phenols is 1. The van der Waals surface area contributed by atoms with Gasteiger partial charge in [0.05, 0.1) is 28.3 Å². The van der Waals surface area contributed by atoms with Gasteiger partial charge >= 0.3 is 0 Å². The Morgan fingerprint density at radius 2 is 1.85 bits per heavy atom. The number of hydrogen-bond acceptors (Lipinski definition) is 5. The number of aromatic amines is 1. The second-order valence-corrected chi connectivity index (χ2v) is 7.11. The zero-order valence-corrected chi connectivity index (χ0v) is 15.0. The van der Waals surface area contributed by atoms with Crippen LogP contribution < -0.4 is 20.9 Å². The zero-order valence-electron chi connectivity index (χ0n) is 14.2. The third kappa shape index (κ3) is 3.64. The van der Waals surface area contributed by atoms with E-state index in [1.807, 2.05) is 0 Å². The lowest BCUT2D eigenvalue weighted by Gasteiger charge is -2.03. The number of nitrogens with zero attached hydrogens (tertiary/aromatic N) is 1. The fourth-order valence-corrected chi connectivity index (χ4v) is 3.02. The van der Waals surface area contributed by atoms with E-state index in [0.29, 0.717) is 21.8 Å². The highest BCUT2D eigenvalue weighted by molar-refractivity contribution is 7.85. The summed E-state index contributed by atoms with van der Waals surface area (Å²) in [7, 11) is -2.89. The number of nitrogens with one attached hydrogen (secondary N) is 1. The van der Waals surface area contributed by atoms with E-state index >= 15 is 0 Å². The molecule has 0 unspecified atom stereocenters. The predicted octanol–water partition coefficient (Wildman–Crippen LogP) is 0.366. The van der Waals surface area contributed by atoms with Crippen molar-refractivity contribution in [2.24, 2.45) is 0 Å². The molecule has 140 valence electrons. The maximum absolute atomic E-state index is 12.7. The molecule has 3 rings (SSSR count). The molecule has 0 aliphatic heterocycles. The molecule has 0 radical (unpaired) electrons. The van der Waals surface area contributed by atoms with Crippen molar-refractivity contribution in [2.45, 2.75) is 4.90 Å². The highest BCUT2D eigenvalue weighted by Crippen LogP contribution is 2.26. The lowest BCUT2D eigenvalue weighted by Crippen LogP contribution is -2.33. The molecule has 8 nitrogen and oxygen atoms in total. The number of hydrogen-bond donors (Lipinski definition) is 3. The number of aromatic nitrogens is 2. The first-order chi connectivity index (χ1) is 12.7. The van der Waals surface area contributed by atoms with E-state index in [1.165, 1.54) is 42.1 Å². The van der Waals surface area contributed by atoms with Crippen LogP contribution in [0.3, 0.4) is 0 Å². The molecule has 0 fully saturated rings. The number of aromatic hydroxyl groups is 1. The van der Waals surface area contributed by atoms with E-state index in [-0.39, 0.29) is 16.4 Å². The third-order valence-electron chi connectivity index (χ3n) is 3.91. The maximum Gasteiger partial charge on any atom is 0.294 e. The van der Waals surface area contributed by atoms with Crippen LogP contribution in [0.4, 0.5) is 0 Å². The van der Waals surface area contributed by atoms with Crippen LogP contribution in [0.25, 0.3) is 18.3 Å². The Morgan fingerprint density at radius 1 is 1.19 bits per heavy atom. The summed E-state index contributed by atoms with van der Waals surface area (Å²) in [6.07, 6.45) is 1.59. The summed E-state index contributed by atoms with van der Waals surface area (Å²) in [5.41, 5.74) is 0.603. The first-order valence-corrected chi connectivity index (χ1v) is 9.11. The second kappa shape index (κ2) is 6.78. The molecule has 0 atom stereocenters. The maximum atomic E-state index is 12.7. The topological polar surface area (TPSA) is 122 Å². The van der Waals surface area contributed by atoms with Crippen molar-refractivity contribution in [1.82, 2.24) is 9.78 Å². The summed E-state index contributed by atoms with van der Waals surface area (Å²) >= 11 is 0. The number of phenolic OH excluding ortho intramolecular Hbond substituents is 1. The molecule has 2 aromatic carbocycles. The van der Waals surface area contributed by atoms with Crippen LogP contribution in [-0.2, 0) is 10.1 Å². The third-order valence-corrected chi connectivity index (χ3v) is 4.78. The van der Waals surface area contributed by atoms with E-state index in [9.17, 15) is 18.3 Å². The largest absolute Gasteiger partial charge is 0.504 e. The van der Waals surface area contributed by atoms with E-state index < -0.39 is 15.7 Å². The van der Waals surface area contributed by atoms with Crippen molar-refractivity contribution in [1.29, 1.82) is 0 Å². The van der Waals surface area contributed by atoms with Crippen LogP contribution in [0.5, 0.6) is 11.5 Å². The van der Waals surface area contributed by atoms with Crippen LogP contribution >= 0.6 is 0 Å². The van der Waals surface area contributed by atoms with Gasteiger partial charge in [0.1, 0.15) is 0 Å². The summed E-state index contributed by atoms with van der Waals surface area (Å²) in [5.74, 6) is 0.251. The van der Waals surface area contributed by atoms with Gasteiger partial charge in [-0.2, -0.15) is 8.42 Å². The molecule has 3 N–H and O–H groups in total. The molecule has 3 aromatic rings. The van der Waals surface area contributed by atoms with E-state index in [4.69, 9.17) is 9.29 Å². The second-order valence-electron chi connectivity index (χ2n) is 5.69. The number of H-pyrrole nitrogens is 1. The molecule has 0 bridgehead atoms. The van der Waals surface area contributed by atoms with E-state index in [1.54, 1.807) is 18.2 Å². The van der Waals surface area contributed by atoms with Gasteiger partial charge in [0.2, 0.25) is 0 Å². The zero-order chi connectivity index (χ0) is 19.8. The summed E-state index contributed by atoms with van der Waals surface area (Å²) < 4.78 is 37.5. The Morgan fingerprint density at radius 3 is 2.44 bits per heavy atom. The molecular formula is C18H16N2O6S. The van der Waals surface area contributed by atoms with Crippen molar-refractivity contribution in [3.8, 4) is 17.2 Å². The Bertz CT molecular complexity index is 1270. The molecule has 0 saturated heterocycles. The van der Waals surface area contributed by atoms with E-state index in [2.05, 4.69) is 11.7 Å². The lowest BCUT2D eigenvalue weighted by molar-refractivity contribution is 0.373. The van der Waals surface area contributed by atoms with Gasteiger partial charge in [0.25, 0.3) is 15.7 Å². The van der Waals surface area contributed by atoms with Crippen LogP contribution in [0.15, 0.2) is 52.2 Å². The number of ether oxygens (including phenoxy) is 1. The van der Waals surface area contributed by atoms with Crippen LogP contribution in [0.2, 0.25) is 0 Å². The first kappa shape index (κ1) is 18.5. The molecule has 0 aliphatic carbocycles. The Kier molecular flexibility index (Phi) is 4.64. The minimum atomic E-state index is -4.31. The monoisotopic (exact) mass is 388 g/mol. The molecule has 1 aromatic heterocycles. The molecule has 0 amide bonds. The summed E-state index contributed by atoms with van der Waals surface area (Å²) in [6, 6.07) is 9.79. The van der Waals surface area contributed by atoms with Gasteiger partial charge in [-0.3, -0.25) is 14.4 Å². The van der Waals surface area contributed by atoms with Gasteiger partial charge in [-0.25, -0.2) is 4.68 Å². The van der Waals surface area contributed by atoms with Crippen LogP contribution in [0.1, 0.15) is 5.56 Å². The average molecular weight is 388 g/mol. The smallest absolute Gasteiger partial charge is 0.294 e. The molecule has 0 spiro atoms. The summed E-state index contributed by atoms with van der Waals surface area (Å²) in [6.45, 7) is 3.82. The minimum Gasteiger partial charge on any atom is -0.504 e. The Hall–Kier alpha value is -3.30. The molecule has 0 aliphatic rings. The molecule has 1 heterocycles. The first-order valence-electron chi connectivity index (χ1n) is 7.67. The lowest BCUT2D eigenvalue weighted by atomic mass is 10.1. The number of benzene rings is 2. The SMILES string of the molecule is C=c1[nH]n(-c2ccc(S(=O)(=O)O)cc2)c(=O)c1=Cc1ccc(O)c(OC)c1. The fourth-order valence-electron chi connectivity index (χ4n) is 2.54. The van der Waals surface area contributed by atoms with Gasteiger partial charge in [-0.05, 0) is 48.0 Å². The Balaban J connectivity index is 2.11. The van der Waals surface area contributed by atoms with Crippen LogP contribution in [0, 0.1) is 0 Å². The van der Waals surface area contributed by atoms with Gasteiger partial charge < -0.3 is 9.84 Å². The molecule has 27 heavy (non-hydrogen) atoms. The highest BCUT2D eigenvalue weighted by Gasteiger charge is 2.11. The summed E-state index contributed by atoms with van der Waals surface area (Å²) in [5, 5.41) is 13.1. The molecule has 9 heteroatoms. The van der Waals surface area contributed by atoms with Gasteiger partial charge in [0.15, 0.2) is 11.5 Å². The number of methoxy groups -OCH3 is 1. The predicted molar refractivity (Wildman–Crippen MR) is 99.2 cm³/mol. The van der Waals surface area contributed by atoms with Gasteiger partial charge in [0, 0.05) is 0 Å². The minimum absolute atomic E-state index is 0.0186. The van der Waals surface area contributed by atoms with Crippen molar-refractivity contribution >= 4 is 22.8 Å². The van der Waals surface area contributed by atoms with Crippen molar-refractivity contribution in [3.63, 3.8) is 0 Å².